The fourth-order valence-electron chi connectivity index (χ4n) is 2.10. The lowest BCUT2D eigenvalue weighted by Gasteiger charge is -2.21. The molecule has 0 spiro atoms. The molecule has 0 bridgehead atoms. The van der Waals surface area contributed by atoms with Crippen molar-refractivity contribution in [3.63, 3.8) is 0 Å². The molecule has 1 heterocycles. The number of aromatic nitrogens is 1. The summed E-state index contributed by atoms with van der Waals surface area (Å²) in [6.45, 7) is 4.18. The average molecular weight is 257 g/mol. The van der Waals surface area contributed by atoms with Gasteiger partial charge in [0, 0.05) is 12.7 Å². The molecule has 0 radical (unpaired) electrons. The Morgan fingerprint density at radius 2 is 1.89 bits per heavy atom. The number of anilines is 3. The molecule has 4 nitrogen and oxygen atoms in total. The van der Waals surface area contributed by atoms with Crippen LogP contribution in [0, 0.1) is 13.8 Å². The van der Waals surface area contributed by atoms with Gasteiger partial charge in [0.05, 0.1) is 12.8 Å². The van der Waals surface area contributed by atoms with Gasteiger partial charge >= 0.3 is 0 Å². The van der Waals surface area contributed by atoms with Crippen LogP contribution in [0.3, 0.4) is 0 Å². The lowest BCUT2D eigenvalue weighted by atomic mass is 10.1. The van der Waals surface area contributed by atoms with Gasteiger partial charge in [-0.25, -0.2) is 0 Å². The summed E-state index contributed by atoms with van der Waals surface area (Å²) in [5.41, 5.74) is 9.90. The summed E-state index contributed by atoms with van der Waals surface area (Å²) in [6.07, 6.45) is 0. The van der Waals surface area contributed by atoms with Gasteiger partial charge in [0.1, 0.15) is 5.82 Å². The molecule has 0 saturated carbocycles. The van der Waals surface area contributed by atoms with E-state index < -0.39 is 0 Å². The standard InChI is InChI=1S/C15H19N3O/c1-10-5-7-13(11(2)9-10)18(3)14-8-6-12(16)15(17-14)19-4/h5-9H,16H2,1-4H3. The van der Waals surface area contributed by atoms with Gasteiger partial charge in [-0.05, 0) is 37.6 Å². The molecule has 0 unspecified atom stereocenters. The number of pyridine rings is 1. The van der Waals surface area contributed by atoms with E-state index in [1.54, 1.807) is 13.2 Å². The topological polar surface area (TPSA) is 51.4 Å². The summed E-state index contributed by atoms with van der Waals surface area (Å²) in [6, 6.07) is 10.0. The van der Waals surface area contributed by atoms with Crippen molar-refractivity contribution in [2.24, 2.45) is 0 Å². The second-order valence-corrected chi connectivity index (χ2v) is 4.62. The number of ether oxygens (including phenoxy) is 1. The fraction of sp³-hybridized carbons (Fsp3) is 0.267. The first-order valence-electron chi connectivity index (χ1n) is 6.14. The molecule has 0 saturated heterocycles. The molecule has 0 aliphatic heterocycles. The molecule has 4 heteroatoms. The first-order valence-corrected chi connectivity index (χ1v) is 6.14. The number of nitrogens with two attached hydrogens (primary N) is 1. The van der Waals surface area contributed by atoms with E-state index in [9.17, 15) is 0 Å². The molecular weight excluding hydrogens is 238 g/mol. The van der Waals surface area contributed by atoms with Crippen LogP contribution in [0.5, 0.6) is 5.88 Å². The monoisotopic (exact) mass is 257 g/mol. The SMILES string of the molecule is COc1nc(N(C)c2ccc(C)cc2C)ccc1N. The first kappa shape index (κ1) is 13.2. The van der Waals surface area contributed by atoms with Crippen LogP contribution in [-0.2, 0) is 0 Å². The van der Waals surface area contributed by atoms with E-state index in [0.717, 1.165) is 11.5 Å². The Morgan fingerprint density at radius 3 is 2.53 bits per heavy atom. The minimum atomic E-state index is 0.453. The average Bonchev–Trinajstić information content (AvgIpc) is 2.38. The van der Waals surface area contributed by atoms with Crippen LogP contribution < -0.4 is 15.4 Å². The predicted octanol–water partition coefficient (Wildman–Crippen LogP) is 3.06. The summed E-state index contributed by atoms with van der Waals surface area (Å²) in [7, 11) is 3.55. The molecular formula is C15H19N3O. The van der Waals surface area contributed by atoms with Crippen LogP contribution in [-0.4, -0.2) is 19.1 Å². The fourth-order valence-corrected chi connectivity index (χ4v) is 2.10. The smallest absolute Gasteiger partial charge is 0.238 e. The van der Waals surface area contributed by atoms with Gasteiger partial charge in [0.15, 0.2) is 0 Å². The molecule has 1 aromatic heterocycles. The highest BCUT2D eigenvalue weighted by molar-refractivity contribution is 5.65. The zero-order valence-electron chi connectivity index (χ0n) is 11.8. The van der Waals surface area contributed by atoms with Crippen molar-refractivity contribution in [3.05, 3.63) is 41.5 Å². The summed E-state index contributed by atoms with van der Waals surface area (Å²) in [4.78, 5) is 6.43. The van der Waals surface area contributed by atoms with Crippen LogP contribution in [0.2, 0.25) is 0 Å². The van der Waals surface area contributed by atoms with Crippen molar-refractivity contribution in [3.8, 4) is 5.88 Å². The zero-order valence-corrected chi connectivity index (χ0v) is 11.8. The van der Waals surface area contributed by atoms with Crippen LogP contribution in [0.25, 0.3) is 0 Å². The summed E-state index contributed by atoms with van der Waals surface area (Å²) in [5.74, 6) is 1.26. The highest BCUT2D eigenvalue weighted by Gasteiger charge is 2.10. The van der Waals surface area contributed by atoms with Gasteiger partial charge in [0.25, 0.3) is 0 Å². The number of hydrogen-bond acceptors (Lipinski definition) is 4. The van der Waals surface area contributed by atoms with Crippen LogP contribution in [0.4, 0.5) is 17.2 Å². The minimum absolute atomic E-state index is 0.453. The van der Waals surface area contributed by atoms with Gasteiger partial charge in [-0.3, -0.25) is 0 Å². The van der Waals surface area contributed by atoms with Crippen molar-refractivity contribution in [1.82, 2.24) is 4.98 Å². The molecule has 0 amide bonds. The maximum Gasteiger partial charge on any atom is 0.238 e. The third kappa shape index (κ3) is 2.62. The highest BCUT2D eigenvalue weighted by Crippen LogP contribution is 2.29. The number of methoxy groups -OCH3 is 1. The molecule has 1 aromatic carbocycles. The molecule has 100 valence electrons. The molecule has 0 fully saturated rings. The minimum Gasteiger partial charge on any atom is -0.479 e. The van der Waals surface area contributed by atoms with Gasteiger partial charge < -0.3 is 15.4 Å². The number of nitrogen functional groups attached to an aromatic ring is 1. The third-order valence-corrected chi connectivity index (χ3v) is 3.13. The Kier molecular flexibility index (Phi) is 3.60. The number of benzene rings is 1. The van der Waals surface area contributed by atoms with Crippen LogP contribution >= 0.6 is 0 Å². The molecule has 2 rings (SSSR count). The molecule has 0 aliphatic carbocycles. The van der Waals surface area contributed by atoms with Crippen molar-refractivity contribution in [2.75, 3.05) is 24.8 Å². The Hall–Kier alpha value is -2.23. The van der Waals surface area contributed by atoms with Crippen molar-refractivity contribution in [2.45, 2.75) is 13.8 Å². The van der Waals surface area contributed by atoms with E-state index in [0.29, 0.717) is 11.6 Å². The van der Waals surface area contributed by atoms with Crippen molar-refractivity contribution < 1.29 is 4.74 Å². The Labute approximate surface area is 113 Å². The number of hydrogen-bond donors (Lipinski definition) is 1. The van der Waals surface area contributed by atoms with Crippen molar-refractivity contribution >= 4 is 17.2 Å². The molecule has 0 aliphatic rings. The van der Waals surface area contributed by atoms with Crippen molar-refractivity contribution in [1.29, 1.82) is 0 Å². The van der Waals surface area contributed by atoms with Crippen LogP contribution in [0.1, 0.15) is 11.1 Å². The second kappa shape index (κ2) is 5.18. The van der Waals surface area contributed by atoms with Crippen LogP contribution in [0.15, 0.2) is 30.3 Å². The van der Waals surface area contributed by atoms with E-state index in [1.165, 1.54) is 11.1 Å². The number of aryl methyl sites for hydroxylation is 2. The van der Waals surface area contributed by atoms with Gasteiger partial charge in [-0.1, -0.05) is 17.7 Å². The maximum absolute atomic E-state index is 5.78. The van der Waals surface area contributed by atoms with E-state index in [4.69, 9.17) is 10.5 Å². The Balaban J connectivity index is 2.40. The maximum atomic E-state index is 5.78. The second-order valence-electron chi connectivity index (χ2n) is 4.62. The lowest BCUT2D eigenvalue weighted by Crippen LogP contribution is -2.13. The van der Waals surface area contributed by atoms with Gasteiger partial charge in [-0.2, -0.15) is 4.98 Å². The van der Waals surface area contributed by atoms with E-state index in [-0.39, 0.29) is 0 Å². The molecule has 19 heavy (non-hydrogen) atoms. The molecule has 2 aromatic rings. The third-order valence-electron chi connectivity index (χ3n) is 3.13. The highest BCUT2D eigenvalue weighted by atomic mass is 16.5. The van der Waals surface area contributed by atoms with E-state index in [1.807, 2.05) is 18.0 Å². The summed E-state index contributed by atoms with van der Waals surface area (Å²) >= 11 is 0. The number of nitrogens with zero attached hydrogens (tertiary/aromatic N) is 2. The normalized spacial score (nSPS) is 10.3. The molecule has 0 atom stereocenters. The summed E-state index contributed by atoms with van der Waals surface area (Å²) in [5, 5.41) is 0. The Morgan fingerprint density at radius 1 is 1.16 bits per heavy atom. The first-order chi connectivity index (χ1) is 9.02. The van der Waals surface area contributed by atoms with E-state index in [2.05, 4.69) is 37.0 Å². The van der Waals surface area contributed by atoms with E-state index >= 15 is 0 Å². The quantitative estimate of drug-likeness (QED) is 0.918. The lowest BCUT2D eigenvalue weighted by molar-refractivity contribution is 0.400. The zero-order chi connectivity index (χ0) is 14.0. The summed E-state index contributed by atoms with van der Waals surface area (Å²) < 4.78 is 5.16. The largest absolute Gasteiger partial charge is 0.479 e. The number of rotatable bonds is 3. The van der Waals surface area contributed by atoms with Gasteiger partial charge in [-0.15, -0.1) is 0 Å². The molecule has 2 N–H and O–H groups in total. The predicted molar refractivity (Wildman–Crippen MR) is 79.2 cm³/mol. The Bertz CT molecular complexity index is 596. The van der Waals surface area contributed by atoms with Gasteiger partial charge in [0.2, 0.25) is 5.88 Å².